The quantitative estimate of drug-likeness (QED) is 0.727. The number of hydrogen-bond acceptors (Lipinski definition) is 2. The summed E-state index contributed by atoms with van der Waals surface area (Å²) in [6.45, 7) is 9.23. The van der Waals surface area contributed by atoms with Crippen molar-refractivity contribution in [2.75, 3.05) is 19.8 Å². The minimum absolute atomic E-state index is 0.366. The summed E-state index contributed by atoms with van der Waals surface area (Å²) in [5, 5.41) is 3.52. The fourth-order valence-electron chi connectivity index (χ4n) is 1.75. The van der Waals surface area contributed by atoms with E-state index in [1.807, 2.05) is 6.07 Å². The second kappa shape index (κ2) is 8.68. The molecule has 1 aromatic carbocycles. The topological polar surface area (TPSA) is 21.3 Å². The van der Waals surface area contributed by atoms with Gasteiger partial charge < -0.3 is 10.1 Å². The first-order chi connectivity index (χ1) is 8.61. The summed E-state index contributed by atoms with van der Waals surface area (Å²) in [5.41, 5.74) is 1.31. The third-order valence-electron chi connectivity index (χ3n) is 2.74. The van der Waals surface area contributed by atoms with E-state index in [2.05, 4.69) is 60.2 Å². The van der Waals surface area contributed by atoms with Gasteiger partial charge in [0.25, 0.3) is 0 Å². The Kier molecular flexibility index (Phi) is 7.56. The lowest BCUT2D eigenvalue weighted by atomic mass is 10.1. The monoisotopic (exact) mass is 313 g/mol. The smallest absolute Gasteiger partial charge is 0.0489 e. The lowest BCUT2D eigenvalue weighted by Gasteiger charge is -2.16. The van der Waals surface area contributed by atoms with Crippen LogP contribution in [-0.4, -0.2) is 19.8 Å². The molecule has 1 atom stereocenters. The van der Waals surface area contributed by atoms with E-state index in [0.29, 0.717) is 12.0 Å². The van der Waals surface area contributed by atoms with Crippen LogP contribution in [0.5, 0.6) is 0 Å². The summed E-state index contributed by atoms with van der Waals surface area (Å²) >= 11 is 3.58. The number of rotatable bonds is 8. The van der Waals surface area contributed by atoms with Crippen LogP contribution in [0.3, 0.4) is 0 Å². The molecule has 0 bridgehead atoms. The molecule has 3 heteroatoms. The Balaban J connectivity index is 2.18. The molecule has 0 aliphatic carbocycles. The van der Waals surface area contributed by atoms with E-state index in [4.69, 9.17) is 4.74 Å². The zero-order valence-electron chi connectivity index (χ0n) is 11.6. The Morgan fingerprint density at radius 3 is 2.61 bits per heavy atom. The van der Waals surface area contributed by atoms with Gasteiger partial charge in [-0.3, -0.25) is 0 Å². The van der Waals surface area contributed by atoms with Crippen LogP contribution in [0.2, 0.25) is 0 Å². The van der Waals surface area contributed by atoms with Crippen molar-refractivity contribution in [3.63, 3.8) is 0 Å². The third-order valence-corrected chi connectivity index (χ3v) is 3.46. The van der Waals surface area contributed by atoms with Gasteiger partial charge in [0.05, 0.1) is 0 Å². The van der Waals surface area contributed by atoms with Gasteiger partial charge in [-0.1, -0.05) is 48.0 Å². The maximum atomic E-state index is 5.56. The zero-order chi connectivity index (χ0) is 13.4. The maximum Gasteiger partial charge on any atom is 0.0489 e. The van der Waals surface area contributed by atoms with Gasteiger partial charge in [-0.25, -0.2) is 0 Å². The minimum atomic E-state index is 0.366. The van der Waals surface area contributed by atoms with E-state index in [0.717, 1.165) is 26.2 Å². The second-order valence-corrected chi connectivity index (χ2v) is 5.87. The summed E-state index contributed by atoms with van der Waals surface area (Å²) in [6, 6.07) is 8.71. The summed E-state index contributed by atoms with van der Waals surface area (Å²) in [5.74, 6) is 0.622. The van der Waals surface area contributed by atoms with E-state index in [-0.39, 0.29) is 0 Å². The summed E-state index contributed by atoms with van der Waals surface area (Å²) in [4.78, 5) is 0. The molecule has 1 aromatic rings. The van der Waals surface area contributed by atoms with Crippen molar-refractivity contribution in [2.45, 2.75) is 33.2 Å². The van der Waals surface area contributed by atoms with Gasteiger partial charge in [-0.2, -0.15) is 0 Å². The lowest BCUT2D eigenvalue weighted by Crippen LogP contribution is -2.21. The third kappa shape index (κ3) is 5.98. The van der Waals surface area contributed by atoms with Crippen LogP contribution in [-0.2, 0) is 4.74 Å². The molecule has 0 fully saturated rings. The molecule has 0 saturated carbocycles. The number of ether oxygens (including phenoxy) is 1. The standard InChI is InChI=1S/C15H24BrNO/c1-12(2)11-18-10-6-9-17-13(3)14-7-4-5-8-15(14)16/h4-5,7-8,12-13,17H,6,9-11H2,1-3H3. The van der Waals surface area contributed by atoms with Crippen molar-refractivity contribution in [1.82, 2.24) is 5.32 Å². The van der Waals surface area contributed by atoms with Crippen LogP contribution in [0, 0.1) is 5.92 Å². The first-order valence-corrected chi connectivity index (χ1v) is 7.46. The zero-order valence-corrected chi connectivity index (χ0v) is 13.2. The predicted octanol–water partition coefficient (Wildman–Crippen LogP) is 4.16. The fraction of sp³-hybridized carbons (Fsp3) is 0.600. The molecule has 0 aliphatic rings. The molecule has 0 spiro atoms. The molecule has 0 radical (unpaired) electrons. The van der Waals surface area contributed by atoms with Gasteiger partial charge in [-0.15, -0.1) is 0 Å². The Labute approximate surface area is 119 Å². The van der Waals surface area contributed by atoms with E-state index < -0.39 is 0 Å². The molecule has 2 nitrogen and oxygen atoms in total. The molecule has 1 N–H and O–H groups in total. The van der Waals surface area contributed by atoms with Gasteiger partial charge in [0.2, 0.25) is 0 Å². The highest BCUT2D eigenvalue weighted by Crippen LogP contribution is 2.22. The Bertz CT molecular complexity index is 341. The molecule has 0 heterocycles. The molecule has 18 heavy (non-hydrogen) atoms. The predicted molar refractivity (Wildman–Crippen MR) is 80.8 cm³/mol. The van der Waals surface area contributed by atoms with Crippen LogP contribution in [0.1, 0.15) is 38.8 Å². The van der Waals surface area contributed by atoms with Gasteiger partial charge >= 0.3 is 0 Å². The summed E-state index contributed by atoms with van der Waals surface area (Å²) in [7, 11) is 0. The average Bonchev–Trinajstić information content (AvgIpc) is 2.33. The molecule has 1 unspecified atom stereocenters. The highest BCUT2D eigenvalue weighted by Gasteiger charge is 2.07. The van der Waals surface area contributed by atoms with Crippen LogP contribution >= 0.6 is 15.9 Å². The maximum absolute atomic E-state index is 5.56. The number of nitrogens with one attached hydrogen (secondary N) is 1. The van der Waals surface area contributed by atoms with Gasteiger partial charge in [-0.05, 0) is 37.4 Å². The highest BCUT2D eigenvalue weighted by molar-refractivity contribution is 9.10. The van der Waals surface area contributed by atoms with Crippen molar-refractivity contribution < 1.29 is 4.74 Å². The minimum Gasteiger partial charge on any atom is -0.381 e. The van der Waals surface area contributed by atoms with E-state index in [1.165, 1.54) is 10.0 Å². The van der Waals surface area contributed by atoms with Crippen molar-refractivity contribution in [2.24, 2.45) is 5.92 Å². The SMILES string of the molecule is CC(C)COCCCNC(C)c1ccccc1Br. The first-order valence-electron chi connectivity index (χ1n) is 6.66. The fourth-order valence-corrected chi connectivity index (χ4v) is 2.38. The Morgan fingerprint density at radius 1 is 1.22 bits per heavy atom. The number of benzene rings is 1. The van der Waals surface area contributed by atoms with E-state index in [9.17, 15) is 0 Å². The molecule has 1 rings (SSSR count). The van der Waals surface area contributed by atoms with Crippen LogP contribution < -0.4 is 5.32 Å². The summed E-state index contributed by atoms with van der Waals surface area (Å²) < 4.78 is 6.72. The largest absolute Gasteiger partial charge is 0.381 e. The van der Waals surface area contributed by atoms with Crippen molar-refractivity contribution in [1.29, 1.82) is 0 Å². The Morgan fingerprint density at radius 2 is 1.94 bits per heavy atom. The van der Waals surface area contributed by atoms with Crippen LogP contribution in [0.4, 0.5) is 0 Å². The van der Waals surface area contributed by atoms with Gasteiger partial charge in [0.1, 0.15) is 0 Å². The highest BCUT2D eigenvalue weighted by atomic mass is 79.9. The van der Waals surface area contributed by atoms with Crippen molar-refractivity contribution in [3.05, 3.63) is 34.3 Å². The van der Waals surface area contributed by atoms with Crippen molar-refractivity contribution in [3.8, 4) is 0 Å². The lowest BCUT2D eigenvalue weighted by molar-refractivity contribution is 0.107. The first kappa shape index (κ1) is 15.7. The normalized spacial score (nSPS) is 12.9. The molecule has 0 aliphatic heterocycles. The Hall–Kier alpha value is -0.380. The van der Waals surface area contributed by atoms with Crippen LogP contribution in [0.25, 0.3) is 0 Å². The van der Waals surface area contributed by atoms with E-state index >= 15 is 0 Å². The molecule has 0 saturated heterocycles. The molecular weight excluding hydrogens is 290 g/mol. The number of hydrogen-bond donors (Lipinski definition) is 1. The van der Waals surface area contributed by atoms with Gasteiger partial charge in [0, 0.05) is 23.7 Å². The average molecular weight is 314 g/mol. The summed E-state index contributed by atoms with van der Waals surface area (Å²) in [6.07, 6.45) is 1.06. The van der Waals surface area contributed by atoms with Crippen molar-refractivity contribution >= 4 is 15.9 Å². The van der Waals surface area contributed by atoms with Crippen LogP contribution in [0.15, 0.2) is 28.7 Å². The molecular formula is C15H24BrNO. The molecule has 0 aromatic heterocycles. The van der Waals surface area contributed by atoms with E-state index in [1.54, 1.807) is 0 Å². The number of halogens is 1. The molecule has 102 valence electrons. The van der Waals surface area contributed by atoms with Gasteiger partial charge in [0.15, 0.2) is 0 Å². The molecule has 0 amide bonds. The second-order valence-electron chi connectivity index (χ2n) is 5.02.